The number of hydrogen-bond donors (Lipinski definition) is 1. The number of unbranched alkanes of at least 4 members (excludes halogenated alkanes) is 11. The molecule has 1 saturated heterocycles. The van der Waals surface area contributed by atoms with Gasteiger partial charge in [-0.1, -0.05) is 96.1 Å². The van der Waals surface area contributed by atoms with Crippen LogP contribution in [0.25, 0.3) is 0 Å². The lowest BCUT2D eigenvalue weighted by molar-refractivity contribution is -0.143. The van der Waals surface area contributed by atoms with Crippen LogP contribution in [0.5, 0.6) is 0 Å². The summed E-state index contributed by atoms with van der Waals surface area (Å²) in [6.07, 6.45) is 21.3. The zero-order valence-electron chi connectivity index (χ0n) is 17.0. The molecule has 1 rings (SSSR count). The molecule has 0 aromatic heterocycles. The Bertz CT molecular complexity index is 338. The van der Waals surface area contributed by atoms with Crippen molar-refractivity contribution in [1.82, 2.24) is 0 Å². The molecule has 3 heteroatoms. The average molecular weight is 355 g/mol. The monoisotopic (exact) mass is 354 g/mol. The second kappa shape index (κ2) is 13.8. The van der Waals surface area contributed by atoms with E-state index in [1.54, 1.807) is 6.08 Å². The number of rotatable bonds is 15. The molecule has 1 aliphatic heterocycles. The van der Waals surface area contributed by atoms with E-state index in [4.69, 9.17) is 14.6 Å². The van der Waals surface area contributed by atoms with Gasteiger partial charge < -0.3 is 14.6 Å². The van der Waals surface area contributed by atoms with Gasteiger partial charge in [0.1, 0.15) is 6.10 Å². The fourth-order valence-corrected chi connectivity index (χ4v) is 3.63. The molecule has 148 valence electrons. The molecule has 2 atom stereocenters. The molecule has 0 aromatic rings. The van der Waals surface area contributed by atoms with Crippen molar-refractivity contribution in [1.29, 1.82) is 0 Å². The summed E-state index contributed by atoms with van der Waals surface area (Å²) in [6, 6.07) is 0. The van der Waals surface area contributed by atoms with Crippen LogP contribution in [-0.4, -0.2) is 29.7 Å². The molecule has 0 unspecified atom stereocenters. The summed E-state index contributed by atoms with van der Waals surface area (Å²) in [6.45, 7) is 6.27. The highest BCUT2D eigenvalue weighted by Gasteiger charge is 2.39. The smallest absolute Gasteiger partial charge is 0.164 e. The normalized spacial score (nSPS) is 22.9. The van der Waals surface area contributed by atoms with E-state index in [0.29, 0.717) is 0 Å². The zero-order chi connectivity index (χ0) is 18.4. The minimum atomic E-state index is -0.508. The van der Waals surface area contributed by atoms with E-state index in [1.807, 2.05) is 19.9 Å². The maximum atomic E-state index is 8.95. The highest BCUT2D eigenvalue weighted by atomic mass is 16.7. The molecule has 0 spiro atoms. The second-order valence-corrected chi connectivity index (χ2v) is 7.93. The molecule has 0 bridgehead atoms. The van der Waals surface area contributed by atoms with Crippen molar-refractivity contribution in [3.63, 3.8) is 0 Å². The van der Waals surface area contributed by atoms with Crippen LogP contribution in [0.15, 0.2) is 12.2 Å². The first kappa shape index (κ1) is 22.7. The first-order valence-electron chi connectivity index (χ1n) is 10.7. The van der Waals surface area contributed by atoms with Crippen LogP contribution in [0.1, 0.15) is 104 Å². The van der Waals surface area contributed by atoms with Crippen molar-refractivity contribution >= 4 is 0 Å². The summed E-state index contributed by atoms with van der Waals surface area (Å²) in [5.74, 6) is -0.508. The Hall–Kier alpha value is -0.380. The van der Waals surface area contributed by atoms with Gasteiger partial charge in [0.2, 0.25) is 0 Å². The molecular weight excluding hydrogens is 312 g/mol. The van der Waals surface area contributed by atoms with Crippen molar-refractivity contribution in [3.8, 4) is 0 Å². The summed E-state index contributed by atoms with van der Waals surface area (Å²) < 4.78 is 11.9. The first-order chi connectivity index (χ1) is 12.1. The molecule has 1 aliphatic rings. The Kier molecular flexibility index (Phi) is 12.5. The van der Waals surface area contributed by atoms with Crippen LogP contribution >= 0.6 is 0 Å². The lowest BCUT2D eigenvalue weighted by Crippen LogP contribution is -2.21. The predicted octanol–water partition coefficient (Wildman–Crippen LogP) is 6.15. The van der Waals surface area contributed by atoms with E-state index in [2.05, 4.69) is 6.92 Å². The Morgan fingerprint density at radius 3 is 1.84 bits per heavy atom. The van der Waals surface area contributed by atoms with Crippen molar-refractivity contribution in [2.75, 3.05) is 6.61 Å². The van der Waals surface area contributed by atoms with Gasteiger partial charge in [-0.15, -0.1) is 0 Å². The third kappa shape index (κ3) is 11.0. The van der Waals surface area contributed by atoms with Gasteiger partial charge in [0.05, 0.1) is 12.7 Å². The summed E-state index contributed by atoms with van der Waals surface area (Å²) in [5, 5.41) is 8.95. The number of ether oxygens (including phenoxy) is 2. The number of hydrogen-bond acceptors (Lipinski definition) is 3. The lowest BCUT2D eigenvalue weighted by atomic mass is 10.0. The first-order valence-corrected chi connectivity index (χ1v) is 10.7. The van der Waals surface area contributed by atoms with Crippen LogP contribution < -0.4 is 0 Å². The standard InChI is InChI=1S/C22H42O3/c1-4-5-6-7-8-9-10-11-12-13-14-15-17-20-21(18-16-19-23)25-22(2,3)24-20/h16,18,20-21,23H,4-15,17,19H2,1-3H3/b18-16+/t20-,21+/m1/s1. The Balaban J connectivity index is 1.99. The third-order valence-electron chi connectivity index (χ3n) is 4.99. The number of aliphatic hydroxyl groups is 1. The second-order valence-electron chi connectivity index (χ2n) is 7.93. The van der Waals surface area contributed by atoms with E-state index < -0.39 is 5.79 Å². The molecule has 1 heterocycles. The van der Waals surface area contributed by atoms with Crippen molar-refractivity contribution < 1.29 is 14.6 Å². The fourth-order valence-electron chi connectivity index (χ4n) is 3.63. The molecule has 1 N–H and O–H groups in total. The van der Waals surface area contributed by atoms with Gasteiger partial charge >= 0.3 is 0 Å². The fraction of sp³-hybridized carbons (Fsp3) is 0.909. The van der Waals surface area contributed by atoms with Crippen LogP contribution in [0, 0.1) is 0 Å². The molecule has 0 saturated carbocycles. The number of aliphatic hydroxyl groups excluding tert-OH is 1. The predicted molar refractivity (Wildman–Crippen MR) is 106 cm³/mol. The third-order valence-corrected chi connectivity index (χ3v) is 4.99. The Morgan fingerprint density at radius 1 is 0.800 bits per heavy atom. The molecular formula is C22H42O3. The van der Waals surface area contributed by atoms with E-state index in [1.165, 1.54) is 77.0 Å². The summed E-state index contributed by atoms with van der Waals surface area (Å²) in [5.41, 5.74) is 0. The van der Waals surface area contributed by atoms with Crippen LogP contribution in [0.4, 0.5) is 0 Å². The SMILES string of the molecule is CCCCCCCCCCCCCC[C@H]1OC(C)(C)O[C@H]1/C=C/CO. The molecule has 1 fully saturated rings. The summed E-state index contributed by atoms with van der Waals surface area (Å²) in [7, 11) is 0. The van der Waals surface area contributed by atoms with Crippen LogP contribution in [0.3, 0.4) is 0 Å². The van der Waals surface area contributed by atoms with Crippen LogP contribution in [-0.2, 0) is 9.47 Å². The lowest BCUT2D eigenvalue weighted by Gasteiger charge is -2.16. The maximum absolute atomic E-state index is 8.95. The molecule has 0 aliphatic carbocycles. The van der Waals surface area contributed by atoms with E-state index >= 15 is 0 Å². The molecule has 0 aromatic carbocycles. The minimum Gasteiger partial charge on any atom is -0.392 e. The maximum Gasteiger partial charge on any atom is 0.164 e. The highest BCUT2D eigenvalue weighted by Crippen LogP contribution is 2.31. The Morgan fingerprint density at radius 2 is 1.32 bits per heavy atom. The van der Waals surface area contributed by atoms with Gasteiger partial charge in [-0.2, -0.15) is 0 Å². The minimum absolute atomic E-state index is 0.0186. The van der Waals surface area contributed by atoms with Crippen molar-refractivity contribution in [2.24, 2.45) is 0 Å². The quantitative estimate of drug-likeness (QED) is 0.283. The van der Waals surface area contributed by atoms with Gasteiger partial charge in [0.25, 0.3) is 0 Å². The highest BCUT2D eigenvalue weighted by molar-refractivity contribution is 4.97. The molecule has 3 nitrogen and oxygen atoms in total. The van der Waals surface area contributed by atoms with Gasteiger partial charge in [0.15, 0.2) is 5.79 Å². The molecule has 0 amide bonds. The van der Waals surface area contributed by atoms with Crippen LogP contribution in [0.2, 0.25) is 0 Å². The van der Waals surface area contributed by atoms with E-state index in [0.717, 1.165) is 6.42 Å². The van der Waals surface area contributed by atoms with E-state index in [9.17, 15) is 0 Å². The van der Waals surface area contributed by atoms with Crippen molar-refractivity contribution in [3.05, 3.63) is 12.2 Å². The summed E-state index contributed by atoms with van der Waals surface area (Å²) >= 11 is 0. The van der Waals surface area contributed by atoms with E-state index in [-0.39, 0.29) is 18.8 Å². The van der Waals surface area contributed by atoms with Gasteiger partial charge in [-0.05, 0) is 20.3 Å². The zero-order valence-corrected chi connectivity index (χ0v) is 17.0. The largest absolute Gasteiger partial charge is 0.392 e. The Labute approximate surface area is 156 Å². The summed E-state index contributed by atoms with van der Waals surface area (Å²) in [4.78, 5) is 0. The van der Waals surface area contributed by atoms with Crippen molar-refractivity contribution in [2.45, 2.75) is 122 Å². The average Bonchev–Trinajstić information content (AvgIpc) is 2.87. The van der Waals surface area contributed by atoms with Gasteiger partial charge in [-0.25, -0.2) is 0 Å². The van der Waals surface area contributed by atoms with Gasteiger partial charge in [0, 0.05) is 0 Å². The molecule has 25 heavy (non-hydrogen) atoms. The van der Waals surface area contributed by atoms with Gasteiger partial charge in [-0.3, -0.25) is 0 Å². The molecule has 0 radical (unpaired) electrons. The topological polar surface area (TPSA) is 38.7 Å².